The van der Waals surface area contributed by atoms with Crippen molar-refractivity contribution in [2.24, 2.45) is 5.73 Å². The third kappa shape index (κ3) is 5.35. The van der Waals surface area contributed by atoms with E-state index in [-0.39, 0.29) is 5.70 Å². The van der Waals surface area contributed by atoms with Gasteiger partial charge in [-0.25, -0.2) is 0 Å². The Morgan fingerprint density at radius 3 is 2.38 bits per heavy atom. The van der Waals surface area contributed by atoms with Gasteiger partial charge < -0.3 is 11.1 Å². The lowest BCUT2D eigenvalue weighted by Gasteiger charge is -2.15. The minimum Gasteiger partial charge on any atom is -0.326 e. The summed E-state index contributed by atoms with van der Waals surface area (Å²) in [5, 5.41) is 2.22. The van der Waals surface area contributed by atoms with Gasteiger partial charge in [-0.05, 0) is 12.2 Å². The van der Waals surface area contributed by atoms with Crippen LogP contribution in [0.4, 0.5) is 13.2 Å². The number of alkyl halides is 3. The Bertz CT molecular complexity index is 308. The van der Waals surface area contributed by atoms with Crippen molar-refractivity contribution >= 4 is 5.91 Å². The van der Waals surface area contributed by atoms with Gasteiger partial charge in [0.05, 0.1) is 6.42 Å². The summed E-state index contributed by atoms with van der Waals surface area (Å²) in [4.78, 5) is 11.1. The summed E-state index contributed by atoms with van der Waals surface area (Å²) < 4.78 is 36.1. The Morgan fingerprint density at radius 1 is 1.44 bits per heavy atom. The Hall–Kier alpha value is -1.56. The average molecular weight is 234 g/mol. The van der Waals surface area contributed by atoms with Gasteiger partial charge in [-0.1, -0.05) is 19.2 Å². The summed E-state index contributed by atoms with van der Waals surface area (Å²) >= 11 is 0. The van der Waals surface area contributed by atoms with Gasteiger partial charge in [-0.2, -0.15) is 13.2 Å². The van der Waals surface area contributed by atoms with Crippen LogP contribution in [0.3, 0.4) is 0 Å². The number of hydrogen-bond donors (Lipinski definition) is 2. The molecule has 0 saturated carbocycles. The second-order valence-corrected chi connectivity index (χ2v) is 2.96. The third-order valence-electron chi connectivity index (χ3n) is 1.63. The molecule has 1 atom stereocenters. The highest BCUT2D eigenvalue weighted by Crippen LogP contribution is 2.20. The number of allylic oxidation sites excluding steroid dienone is 3. The fourth-order valence-electron chi connectivity index (χ4n) is 0.815. The van der Waals surface area contributed by atoms with Gasteiger partial charge in [-0.3, -0.25) is 4.79 Å². The lowest BCUT2D eigenvalue weighted by molar-refractivity contribution is -0.154. The van der Waals surface area contributed by atoms with Crippen molar-refractivity contribution in [3.8, 4) is 0 Å². The molecule has 0 rings (SSSR count). The van der Waals surface area contributed by atoms with E-state index in [0.717, 1.165) is 0 Å². The second kappa shape index (κ2) is 6.12. The van der Waals surface area contributed by atoms with Crippen molar-refractivity contribution in [1.82, 2.24) is 5.32 Å². The molecule has 0 aliphatic rings. The van der Waals surface area contributed by atoms with Gasteiger partial charge in [0.15, 0.2) is 0 Å². The van der Waals surface area contributed by atoms with Crippen LogP contribution in [0.25, 0.3) is 0 Å². The van der Waals surface area contributed by atoms with E-state index >= 15 is 0 Å². The van der Waals surface area contributed by atoms with E-state index < -0.39 is 24.5 Å². The van der Waals surface area contributed by atoms with E-state index in [9.17, 15) is 18.0 Å². The Labute approximate surface area is 91.5 Å². The zero-order chi connectivity index (χ0) is 12.8. The van der Waals surface area contributed by atoms with Gasteiger partial charge in [0.1, 0.15) is 6.04 Å². The molecule has 16 heavy (non-hydrogen) atoms. The summed E-state index contributed by atoms with van der Waals surface area (Å²) in [7, 11) is 0. The van der Waals surface area contributed by atoms with Crippen LogP contribution in [0.5, 0.6) is 0 Å². The summed E-state index contributed by atoms with van der Waals surface area (Å²) in [6.07, 6.45) is -1.33. The monoisotopic (exact) mass is 234 g/mol. The lowest BCUT2D eigenvalue weighted by Crippen LogP contribution is -2.41. The Balaban J connectivity index is 4.34. The number of rotatable bonds is 5. The highest BCUT2D eigenvalue weighted by atomic mass is 19.4. The molecule has 0 spiro atoms. The zero-order valence-corrected chi connectivity index (χ0v) is 8.55. The topological polar surface area (TPSA) is 55.1 Å². The molecule has 3 nitrogen and oxygen atoms in total. The van der Waals surface area contributed by atoms with Crippen molar-refractivity contribution < 1.29 is 18.0 Å². The van der Waals surface area contributed by atoms with Crippen LogP contribution in [-0.4, -0.2) is 18.1 Å². The molecule has 0 aromatic rings. The molecule has 0 bridgehead atoms. The molecule has 0 aliphatic heterocycles. The number of nitrogens with two attached hydrogens (primary N) is 1. The Morgan fingerprint density at radius 2 is 2.00 bits per heavy atom. The van der Waals surface area contributed by atoms with Crippen LogP contribution in [0, 0.1) is 0 Å². The first-order valence-corrected chi connectivity index (χ1v) is 4.38. The predicted octanol–water partition coefficient (Wildman–Crippen LogP) is 1.64. The predicted molar refractivity (Wildman–Crippen MR) is 55.3 cm³/mol. The molecule has 0 aliphatic carbocycles. The van der Waals surface area contributed by atoms with Crippen molar-refractivity contribution in [1.29, 1.82) is 0 Å². The van der Waals surface area contributed by atoms with Crippen LogP contribution in [-0.2, 0) is 4.79 Å². The molecule has 6 heteroatoms. The minimum absolute atomic E-state index is 0.273. The maximum atomic E-state index is 12.0. The maximum absolute atomic E-state index is 12.0. The molecular formula is C10H13F3N2O. The van der Waals surface area contributed by atoms with Gasteiger partial charge >= 0.3 is 6.18 Å². The van der Waals surface area contributed by atoms with Gasteiger partial charge in [0, 0.05) is 5.70 Å². The van der Waals surface area contributed by atoms with Crippen molar-refractivity contribution in [3.63, 3.8) is 0 Å². The zero-order valence-electron chi connectivity index (χ0n) is 8.55. The minimum atomic E-state index is -4.58. The second-order valence-electron chi connectivity index (χ2n) is 2.96. The largest absolute Gasteiger partial charge is 0.404 e. The highest BCUT2D eigenvalue weighted by Gasteiger charge is 2.37. The van der Waals surface area contributed by atoms with Crippen molar-refractivity contribution in [2.75, 3.05) is 0 Å². The van der Waals surface area contributed by atoms with Crippen LogP contribution in [0.1, 0.15) is 6.42 Å². The standard InChI is InChI=1S/C10H13F3N2O/c1-3-5-7(4-2)15-9(16)6-8(14)10(11,12)13/h3-5,8H,1-2,6,14H2,(H,15,16)/b7-5+. The average Bonchev–Trinajstić information content (AvgIpc) is 2.15. The normalized spacial score (nSPS) is 14.1. The highest BCUT2D eigenvalue weighted by molar-refractivity contribution is 5.79. The number of halogens is 3. The van der Waals surface area contributed by atoms with Crippen LogP contribution >= 0.6 is 0 Å². The SMILES string of the molecule is C=C/C=C(\C=C)NC(=O)CC(N)C(F)(F)F. The molecule has 0 radical (unpaired) electrons. The van der Waals surface area contributed by atoms with Gasteiger partial charge in [-0.15, -0.1) is 0 Å². The van der Waals surface area contributed by atoms with Gasteiger partial charge in [0.25, 0.3) is 0 Å². The van der Waals surface area contributed by atoms with Gasteiger partial charge in [0.2, 0.25) is 5.91 Å². The number of amides is 1. The molecule has 90 valence electrons. The van der Waals surface area contributed by atoms with Crippen molar-refractivity contribution in [3.05, 3.63) is 37.1 Å². The molecule has 3 N–H and O–H groups in total. The third-order valence-corrected chi connectivity index (χ3v) is 1.63. The first-order chi connectivity index (χ1) is 7.31. The number of nitrogens with one attached hydrogen (secondary N) is 1. The first-order valence-electron chi connectivity index (χ1n) is 4.38. The molecule has 1 amide bonds. The summed E-state index contributed by atoms with van der Waals surface area (Å²) in [6.45, 7) is 6.75. The van der Waals surface area contributed by atoms with Crippen LogP contribution in [0.2, 0.25) is 0 Å². The van der Waals surface area contributed by atoms with E-state index in [1.165, 1.54) is 18.2 Å². The van der Waals surface area contributed by atoms with E-state index in [2.05, 4.69) is 18.5 Å². The number of carbonyl (C=O) groups is 1. The fraction of sp³-hybridized carbons (Fsp3) is 0.300. The fourth-order valence-corrected chi connectivity index (χ4v) is 0.815. The number of carbonyl (C=O) groups excluding carboxylic acids is 1. The van der Waals surface area contributed by atoms with E-state index in [4.69, 9.17) is 5.73 Å². The van der Waals surface area contributed by atoms with Crippen molar-refractivity contribution in [2.45, 2.75) is 18.6 Å². The molecular weight excluding hydrogens is 221 g/mol. The maximum Gasteiger partial charge on any atom is 0.404 e. The molecule has 0 aromatic carbocycles. The van der Waals surface area contributed by atoms with Crippen LogP contribution in [0.15, 0.2) is 37.1 Å². The quantitative estimate of drug-likeness (QED) is 0.710. The Kier molecular flexibility index (Phi) is 5.52. The molecule has 0 fully saturated rings. The molecule has 0 saturated heterocycles. The first kappa shape index (κ1) is 14.4. The van der Waals surface area contributed by atoms with E-state index in [0.29, 0.717) is 0 Å². The van der Waals surface area contributed by atoms with Crippen LogP contribution < -0.4 is 11.1 Å². The number of hydrogen-bond acceptors (Lipinski definition) is 2. The summed E-state index contributed by atoms with van der Waals surface area (Å²) in [6, 6.07) is -2.16. The van der Waals surface area contributed by atoms with E-state index in [1.54, 1.807) is 0 Å². The smallest absolute Gasteiger partial charge is 0.326 e. The summed E-state index contributed by atoms with van der Waals surface area (Å²) in [5.41, 5.74) is 5.06. The lowest BCUT2D eigenvalue weighted by atomic mass is 10.2. The van der Waals surface area contributed by atoms with E-state index in [1.807, 2.05) is 0 Å². The summed E-state index contributed by atoms with van der Waals surface area (Å²) in [5.74, 6) is -0.821. The molecule has 1 unspecified atom stereocenters. The molecule has 0 aromatic heterocycles. The molecule has 0 heterocycles.